The van der Waals surface area contributed by atoms with Crippen molar-refractivity contribution in [2.45, 2.75) is 31.5 Å². The topological polar surface area (TPSA) is 32.3 Å². The van der Waals surface area contributed by atoms with E-state index in [4.69, 9.17) is 0 Å². The highest BCUT2D eigenvalue weighted by Gasteiger charge is 2.41. The van der Waals surface area contributed by atoms with E-state index < -0.39 is 18.8 Å². The summed E-state index contributed by atoms with van der Waals surface area (Å²) in [5, 5.41) is 1.91. The molecule has 0 aromatic heterocycles. The summed E-state index contributed by atoms with van der Waals surface area (Å²) >= 11 is 0. The maximum Gasteiger partial charge on any atom is 0.405 e. The van der Waals surface area contributed by atoms with Crippen LogP contribution in [0, 0.1) is 5.92 Å². The summed E-state index contributed by atoms with van der Waals surface area (Å²) < 4.78 is 35.6. The van der Waals surface area contributed by atoms with Gasteiger partial charge in [0, 0.05) is 12.6 Å². The van der Waals surface area contributed by atoms with Gasteiger partial charge in [-0.05, 0) is 25.2 Å². The van der Waals surface area contributed by atoms with Crippen LogP contribution < -0.4 is 5.32 Å². The molecule has 2 aliphatic rings. The van der Waals surface area contributed by atoms with Crippen LogP contribution in [0.1, 0.15) is 19.3 Å². The summed E-state index contributed by atoms with van der Waals surface area (Å²) in [6.07, 6.45) is -1.33. The van der Waals surface area contributed by atoms with Crippen molar-refractivity contribution >= 4 is 6.03 Å². The van der Waals surface area contributed by atoms with E-state index in [1.807, 2.05) is 5.32 Å². The fraction of sp³-hybridized carbons (Fsp3) is 0.889. The number of carbonyl (C=O) groups excluding carboxylic acids is 1. The Morgan fingerprint density at radius 3 is 2.60 bits per heavy atom. The van der Waals surface area contributed by atoms with E-state index >= 15 is 0 Å². The molecule has 0 aromatic carbocycles. The van der Waals surface area contributed by atoms with Crippen LogP contribution in [0.2, 0.25) is 0 Å². The maximum atomic E-state index is 11.9. The summed E-state index contributed by atoms with van der Waals surface area (Å²) in [6.45, 7) is -0.617. The van der Waals surface area contributed by atoms with E-state index in [1.165, 1.54) is 0 Å². The summed E-state index contributed by atoms with van der Waals surface area (Å²) in [6, 6.07) is -0.400. The zero-order chi connectivity index (χ0) is 11.1. The number of amides is 2. The van der Waals surface area contributed by atoms with Gasteiger partial charge in [0.25, 0.3) is 0 Å². The van der Waals surface area contributed by atoms with Gasteiger partial charge in [0.05, 0.1) is 0 Å². The molecule has 0 spiro atoms. The lowest BCUT2D eigenvalue weighted by molar-refractivity contribution is -0.123. The third-order valence-corrected chi connectivity index (χ3v) is 3.11. The second-order valence-electron chi connectivity index (χ2n) is 4.26. The van der Waals surface area contributed by atoms with E-state index in [9.17, 15) is 18.0 Å². The molecule has 6 heteroatoms. The number of hydrogen-bond acceptors (Lipinski definition) is 1. The van der Waals surface area contributed by atoms with Gasteiger partial charge in [-0.3, -0.25) is 0 Å². The highest BCUT2D eigenvalue weighted by molar-refractivity contribution is 5.75. The smallest absolute Gasteiger partial charge is 0.329 e. The number of likely N-dealkylation sites (tertiary alicyclic amines) is 1. The Morgan fingerprint density at radius 1 is 1.40 bits per heavy atom. The standard InChI is InChI=1S/C9H13F3N2O/c10-9(11,12)5-13-8(15)14-4-6-1-2-7(14)3-6/h6-7H,1-5H2,(H,13,15). The first-order valence-electron chi connectivity index (χ1n) is 5.07. The van der Waals surface area contributed by atoms with Crippen molar-refractivity contribution in [3.63, 3.8) is 0 Å². The minimum absolute atomic E-state index is 0.170. The molecule has 1 aliphatic heterocycles. The Morgan fingerprint density at radius 2 is 2.13 bits per heavy atom. The minimum Gasteiger partial charge on any atom is -0.329 e. The van der Waals surface area contributed by atoms with Crippen molar-refractivity contribution in [1.82, 2.24) is 10.2 Å². The Balaban J connectivity index is 1.82. The summed E-state index contributed by atoms with van der Waals surface area (Å²) in [5.41, 5.74) is 0. The van der Waals surface area contributed by atoms with Gasteiger partial charge in [0.1, 0.15) is 6.54 Å². The first kappa shape index (κ1) is 10.6. The number of alkyl halides is 3. The molecule has 1 heterocycles. The number of nitrogens with one attached hydrogen (secondary N) is 1. The normalized spacial score (nSPS) is 29.7. The predicted octanol–water partition coefficient (Wildman–Crippen LogP) is 1.74. The van der Waals surface area contributed by atoms with Crippen LogP contribution in [0.15, 0.2) is 0 Å². The third kappa shape index (κ3) is 2.35. The molecule has 3 nitrogen and oxygen atoms in total. The molecule has 0 aromatic rings. The molecule has 2 atom stereocenters. The minimum atomic E-state index is -4.33. The lowest BCUT2D eigenvalue weighted by Gasteiger charge is -2.27. The molecule has 2 unspecified atom stereocenters. The molecule has 2 amide bonds. The molecule has 2 fully saturated rings. The number of fused-ring (bicyclic) bond motifs is 2. The molecular formula is C9H13F3N2O. The van der Waals surface area contributed by atoms with E-state index in [0.717, 1.165) is 19.3 Å². The first-order valence-corrected chi connectivity index (χ1v) is 5.07. The second kappa shape index (κ2) is 3.57. The molecule has 1 saturated carbocycles. The van der Waals surface area contributed by atoms with Crippen molar-refractivity contribution in [3.8, 4) is 0 Å². The second-order valence-corrected chi connectivity index (χ2v) is 4.26. The lowest BCUT2D eigenvalue weighted by atomic mass is 10.1. The van der Waals surface area contributed by atoms with Gasteiger partial charge in [0.2, 0.25) is 0 Å². The van der Waals surface area contributed by atoms with Crippen LogP contribution in [-0.2, 0) is 0 Å². The van der Waals surface area contributed by atoms with E-state index in [2.05, 4.69) is 0 Å². The fourth-order valence-corrected chi connectivity index (χ4v) is 2.45. The van der Waals surface area contributed by atoms with Crippen molar-refractivity contribution in [2.24, 2.45) is 5.92 Å². The number of halogens is 3. The molecule has 1 saturated heterocycles. The number of carbonyl (C=O) groups is 1. The van der Waals surface area contributed by atoms with Gasteiger partial charge in [-0.25, -0.2) is 4.79 Å². The van der Waals surface area contributed by atoms with Crippen LogP contribution >= 0.6 is 0 Å². The lowest BCUT2D eigenvalue weighted by Crippen LogP contribution is -2.46. The molecule has 1 aliphatic carbocycles. The molecule has 2 rings (SSSR count). The van der Waals surface area contributed by atoms with Gasteiger partial charge in [0.15, 0.2) is 0 Å². The Labute approximate surface area is 85.6 Å². The van der Waals surface area contributed by atoms with Crippen molar-refractivity contribution in [2.75, 3.05) is 13.1 Å². The van der Waals surface area contributed by atoms with Gasteiger partial charge in [-0.1, -0.05) is 0 Å². The Hall–Kier alpha value is -0.940. The molecule has 1 N–H and O–H groups in total. The predicted molar refractivity (Wildman–Crippen MR) is 47.3 cm³/mol. The third-order valence-electron chi connectivity index (χ3n) is 3.11. The zero-order valence-electron chi connectivity index (χ0n) is 8.18. The maximum absolute atomic E-state index is 11.9. The number of piperidine rings is 1. The Kier molecular flexibility index (Phi) is 2.52. The first-order chi connectivity index (χ1) is 6.96. The molecular weight excluding hydrogens is 209 g/mol. The SMILES string of the molecule is O=C(NCC(F)(F)F)N1CC2CCC1C2. The highest BCUT2D eigenvalue weighted by Crippen LogP contribution is 2.37. The van der Waals surface area contributed by atoms with Crippen LogP contribution in [-0.4, -0.2) is 36.2 Å². The van der Waals surface area contributed by atoms with Crippen molar-refractivity contribution in [1.29, 1.82) is 0 Å². The largest absolute Gasteiger partial charge is 0.405 e. The van der Waals surface area contributed by atoms with Crippen molar-refractivity contribution < 1.29 is 18.0 Å². The monoisotopic (exact) mass is 222 g/mol. The van der Waals surface area contributed by atoms with Crippen molar-refractivity contribution in [3.05, 3.63) is 0 Å². The Bertz CT molecular complexity index is 267. The zero-order valence-corrected chi connectivity index (χ0v) is 8.18. The quantitative estimate of drug-likeness (QED) is 0.720. The van der Waals surface area contributed by atoms with Crippen LogP contribution in [0.4, 0.5) is 18.0 Å². The fourth-order valence-electron chi connectivity index (χ4n) is 2.45. The summed E-state index contributed by atoms with van der Waals surface area (Å²) in [4.78, 5) is 12.9. The van der Waals surface area contributed by atoms with E-state index in [1.54, 1.807) is 4.90 Å². The number of rotatable bonds is 1. The van der Waals surface area contributed by atoms with Gasteiger partial charge < -0.3 is 10.2 Å². The van der Waals surface area contributed by atoms with Crippen LogP contribution in [0.25, 0.3) is 0 Å². The number of nitrogens with zero attached hydrogens (tertiary/aromatic N) is 1. The molecule has 86 valence electrons. The average molecular weight is 222 g/mol. The number of hydrogen-bond donors (Lipinski definition) is 1. The van der Waals surface area contributed by atoms with Crippen LogP contribution in [0.3, 0.4) is 0 Å². The summed E-state index contributed by atoms with van der Waals surface area (Å²) in [7, 11) is 0. The molecule has 2 bridgehead atoms. The van der Waals surface area contributed by atoms with Crippen LogP contribution in [0.5, 0.6) is 0 Å². The van der Waals surface area contributed by atoms with E-state index in [-0.39, 0.29) is 6.04 Å². The van der Waals surface area contributed by atoms with Gasteiger partial charge >= 0.3 is 12.2 Å². The molecule has 15 heavy (non-hydrogen) atoms. The van der Waals surface area contributed by atoms with Gasteiger partial charge in [-0.15, -0.1) is 0 Å². The van der Waals surface area contributed by atoms with E-state index in [0.29, 0.717) is 12.5 Å². The van der Waals surface area contributed by atoms with Gasteiger partial charge in [-0.2, -0.15) is 13.2 Å². The highest BCUT2D eigenvalue weighted by atomic mass is 19.4. The number of urea groups is 1. The summed E-state index contributed by atoms with van der Waals surface area (Å²) in [5.74, 6) is 0.506. The molecule has 0 radical (unpaired) electrons. The average Bonchev–Trinajstić information content (AvgIpc) is 2.73.